The molecule has 144 valence electrons. The number of nitrogens with zero attached hydrogens (tertiary/aromatic N) is 1. The summed E-state index contributed by atoms with van der Waals surface area (Å²) in [6.45, 7) is 0. The molecule has 3 aromatic carbocycles. The lowest BCUT2D eigenvalue weighted by atomic mass is 10.0. The molecule has 0 aliphatic rings. The number of benzene rings is 3. The Balaban J connectivity index is 1.65. The Morgan fingerprint density at radius 2 is 1.48 bits per heavy atom. The van der Waals surface area contributed by atoms with Crippen LogP contribution >= 0.6 is 27.3 Å². The molecule has 0 radical (unpaired) electrons. The van der Waals surface area contributed by atoms with Gasteiger partial charge in [0.05, 0.1) is 12.1 Å². The number of carboxylic acids is 1. The van der Waals surface area contributed by atoms with Crippen molar-refractivity contribution in [3.63, 3.8) is 0 Å². The van der Waals surface area contributed by atoms with E-state index in [9.17, 15) is 9.90 Å². The highest BCUT2D eigenvalue weighted by Crippen LogP contribution is 2.35. The number of thiazole rings is 1. The average Bonchev–Trinajstić information content (AvgIpc) is 3.13. The maximum absolute atomic E-state index is 11.4. The first kappa shape index (κ1) is 19.6. The molecule has 0 fully saturated rings. The maximum atomic E-state index is 11.4. The summed E-state index contributed by atoms with van der Waals surface area (Å²) in [4.78, 5) is 16.9. The quantitative estimate of drug-likeness (QED) is 0.357. The van der Waals surface area contributed by atoms with E-state index in [1.807, 2.05) is 54.6 Å². The Morgan fingerprint density at radius 1 is 0.862 bits per heavy atom. The topological polar surface area (TPSA) is 50.2 Å². The van der Waals surface area contributed by atoms with Gasteiger partial charge in [-0.1, -0.05) is 82.7 Å². The van der Waals surface area contributed by atoms with Gasteiger partial charge in [0.15, 0.2) is 0 Å². The van der Waals surface area contributed by atoms with Crippen molar-refractivity contribution in [1.29, 1.82) is 0 Å². The maximum Gasteiger partial charge on any atom is 0.308 e. The van der Waals surface area contributed by atoms with E-state index in [-0.39, 0.29) is 6.42 Å². The van der Waals surface area contributed by atoms with Crippen molar-refractivity contribution in [3.05, 3.63) is 99.3 Å². The summed E-state index contributed by atoms with van der Waals surface area (Å²) < 4.78 is 0.998. The molecule has 5 heteroatoms. The highest BCUT2D eigenvalue weighted by atomic mass is 79.9. The fourth-order valence-electron chi connectivity index (χ4n) is 3.16. The molecule has 0 aliphatic heterocycles. The van der Waals surface area contributed by atoms with Gasteiger partial charge >= 0.3 is 5.97 Å². The molecular formula is C24H18BrNO2S. The molecule has 0 atom stereocenters. The first-order chi connectivity index (χ1) is 14.1. The molecular weight excluding hydrogens is 446 g/mol. The molecule has 0 bridgehead atoms. The molecule has 1 aromatic heterocycles. The van der Waals surface area contributed by atoms with Gasteiger partial charge in [-0.05, 0) is 29.7 Å². The van der Waals surface area contributed by atoms with Crippen LogP contribution in [0.25, 0.3) is 21.8 Å². The molecule has 0 saturated heterocycles. The number of carboxylic acid groups (broad SMARTS) is 1. The summed E-state index contributed by atoms with van der Waals surface area (Å²) in [6.07, 6.45) is 0.833. The van der Waals surface area contributed by atoms with Crippen molar-refractivity contribution in [2.24, 2.45) is 0 Å². The highest BCUT2D eigenvalue weighted by Gasteiger charge is 2.17. The number of hydrogen-bond acceptors (Lipinski definition) is 3. The minimum atomic E-state index is -0.849. The minimum Gasteiger partial charge on any atom is -0.481 e. The second kappa shape index (κ2) is 8.72. The van der Waals surface area contributed by atoms with Crippen molar-refractivity contribution >= 4 is 33.2 Å². The lowest BCUT2D eigenvalue weighted by Gasteiger charge is -2.05. The van der Waals surface area contributed by atoms with Gasteiger partial charge < -0.3 is 5.11 Å². The third-order valence-corrected chi connectivity index (χ3v) is 6.21. The lowest BCUT2D eigenvalue weighted by Crippen LogP contribution is -1.99. The van der Waals surface area contributed by atoms with E-state index < -0.39 is 5.97 Å². The van der Waals surface area contributed by atoms with Crippen LogP contribution < -0.4 is 0 Å². The zero-order valence-electron chi connectivity index (χ0n) is 15.5. The first-order valence-corrected chi connectivity index (χ1v) is 10.8. The van der Waals surface area contributed by atoms with Crippen LogP contribution in [-0.4, -0.2) is 16.1 Å². The Kier molecular flexibility index (Phi) is 5.88. The number of aliphatic carboxylic acids is 1. The zero-order chi connectivity index (χ0) is 20.2. The smallest absolute Gasteiger partial charge is 0.308 e. The molecule has 0 amide bonds. The molecule has 0 spiro atoms. The van der Waals surface area contributed by atoms with Gasteiger partial charge in [0.25, 0.3) is 0 Å². The third kappa shape index (κ3) is 4.81. The van der Waals surface area contributed by atoms with E-state index in [1.54, 1.807) is 0 Å². The Hall–Kier alpha value is -2.76. The van der Waals surface area contributed by atoms with Crippen LogP contribution in [-0.2, 0) is 17.6 Å². The Morgan fingerprint density at radius 3 is 2.14 bits per heavy atom. The van der Waals surface area contributed by atoms with Crippen LogP contribution in [0, 0.1) is 0 Å². The highest BCUT2D eigenvalue weighted by molar-refractivity contribution is 9.10. The third-order valence-electron chi connectivity index (χ3n) is 4.58. The SMILES string of the molecule is O=C(O)Cc1sc(-c2ccc(Br)cc2)nc1-c1ccc(Cc2ccccc2)cc1. The number of aromatic nitrogens is 1. The van der Waals surface area contributed by atoms with Gasteiger partial charge in [-0.25, -0.2) is 4.98 Å². The van der Waals surface area contributed by atoms with E-state index >= 15 is 0 Å². The van der Waals surface area contributed by atoms with Gasteiger partial charge in [0, 0.05) is 20.5 Å². The van der Waals surface area contributed by atoms with Crippen LogP contribution in [0.3, 0.4) is 0 Å². The zero-order valence-corrected chi connectivity index (χ0v) is 17.9. The first-order valence-electron chi connectivity index (χ1n) is 9.19. The van der Waals surface area contributed by atoms with E-state index in [2.05, 4.69) is 40.2 Å². The van der Waals surface area contributed by atoms with Crippen LogP contribution in [0.15, 0.2) is 83.3 Å². The molecule has 3 nitrogen and oxygen atoms in total. The van der Waals surface area contributed by atoms with E-state index in [0.717, 1.165) is 37.6 Å². The van der Waals surface area contributed by atoms with Gasteiger partial charge in [-0.3, -0.25) is 4.79 Å². The summed E-state index contributed by atoms with van der Waals surface area (Å²) >= 11 is 4.88. The minimum absolute atomic E-state index is 0.0324. The Bertz CT molecular complexity index is 1120. The standard InChI is InChI=1S/C24H18BrNO2S/c25-20-12-10-19(11-13-20)24-26-23(21(29-24)15-22(27)28)18-8-6-17(7-9-18)14-16-4-2-1-3-5-16/h1-13H,14-15H2,(H,27,28). The van der Waals surface area contributed by atoms with Crippen molar-refractivity contribution in [1.82, 2.24) is 4.98 Å². The van der Waals surface area contributed by atoms with Gasteiger partial charge in [0.1, 0.15) is 5.01 Å². The molecule has 0 aliphatic carbocycles. The second-order valence-electron chi connectivity index (χ2n) is 6.73. The summed E-state index contributed by atoms with van der Waals surface area (Å²) in [5.41, 5.74) is 5.15. The number of halogens is 1. The fraction of sp³-hybridized carbons (Fsp3) is 0.0833. The number of rotatable bonds is 6. The number of hydrogen-bond donors (Lipinski definition) is 1. The predicted molar refractivity (Wildman–Crippen MR) is 121 cm³/mol. The van der Waals surface area contributed by atoms with Gasteiger partial charge in [-0.15, -0.1) is 11.3 Å². The van der Waals surface area contributed by atoms with E-state index in [1.165, 1.54) is 22.5 Å². The van der Waals surface area contributed by atoms with Crippen LogP contribution in [0.2, 0.25) is 0 Å². The number of carbonyl (C=O) groups is 1. The van der Waals surface area contributed by atoms with Crippen molar-refractivity contribution in [2.75, 3.05) is 0 Å². The van der Waals surface area contributed by atoms with Crippen LogP contribution in [0.5, 0.6) is 0 Å². The molecule has 0 unspecified atom stereocenters. The second-order valence-corrected chi connectivity index (χ2v) is 8.73. The van der Waals surface area contributed by atoms with E-state index in [0.29, 0.717) is 0 Å². The molecule has 4 aromatic rings. The van der Waals surface area contributed by atoms with Crippen molar-refractivity contribution in [3.8, 4) is 21.8 Å². The molecule has 1 heterocycles. The molecule has 4 rings (SSSR count). The van der Waals surface area contributed by atoms with Gasteiger partial charge in [-0.2, -0.15) is 0 Å². The predicted octanol–water partition coefficient (Wildman–Crippen LogP) is 6.46. The fourth-order valence-corrected chi connectivity index (χ4v) is 4.51. The normalized spacial score (nSPS) is 10.8. The molecule has 29 heavy (non-hydrogen) atoms. The van der Waals surface area contributed by atoms with Gasteiger partial charge in [0.2, 0.25) is 0 Å². The summed E-state index contributed by atoms with van der Waals surface area (Å²) in [5.74, 6) is -0.849. The van der Waals surface area contributed by atoms with E-state index in [4.69, 9.17) is 4.98 Å². The average molecular weight is 464 g/mol. The Labute approximate surface area is 181 Å². The summed E-state index contributed by atoms with van der Waals surface area (Å²) in [5, 5.41) is 10.2. The summed E-state index contributed by atoms with van der Waals surface area (Å²) in [7, 11) is 0. The molecule has 0 saturated carbocycles. The monoisotopic (exact) mass is 463 g/mol. The molecule has 1 N–H and O–H groups in total. The largest absolute Gasteiger partial charge is 0.481 e. The van der Waals surface area contributed by atoms with Crippen molar-refractivity contribution in [2.45, 2.75) is 12.8 Å². The van der Waals surface area contributed by atoms with Crippen LogP contribution in [0.1, 0.15) is 16.0 Å². The van der Waals surface area contributed by atoms with Crippen LogP contribution in [0.4, 0.5) is 0 Å². The lowest BCUT2D eigenvalue weighted by molar-refractivity contribution is -0.136. The van der Waals surface area contributed by atoms with Crippen molar-refractivity contribution < 1.29 is 9.90 Å². The summed E-state index contributed by atoms with van der Waals surface area (Å²) in [6, 6.07) is 26.5.